The number of nitrogens with zero attached hydrogens (tertiary/aromatic N) is 3. The molecule has 0 fully saturated rings. The van der Waals surface area contributed by atoms with E-state index in [1.54, 1.807) is 4.90 Å². The van der Waals surface area contributed by atoms with Crippen molar-refractivity contribution in [3.05, 3.63) is 96.1 Å². The van der Waals surface area contributed by atoms with Crippen LogP contribution in [0, 0.1) is 0 Å². The Hall–Kier alpha value is -4.21. The molecule has 0 saturated heterocycles. The van der Waals surface area contributed by atoms with Crippen LogP contribution in [-0.4, -0.2) is 66.7 Å². The standard InChI is InChI=1S/C31H39N7O2/c32-31(33)36-19-8-7-18-34-28(39)22-38-27(26-15-13-25(14-16-26)24-11-5-2-6-12-24)21-37-29(30(38)40)35-20-17-23-9-3-1-4-10-23/h1-6,9-16,27-28,34,39H,7-8,17-22H2,(H,35,37)(H4,32,33,36). The van der Waals surface area contributed by atoms with Crippen molar-refractivity contribution in [1.29, 1.82) is 0 Å². The van der Waals surface area contributed by atoms with Crippen LogP contribution in [0.5, 0.6) is 0 Å². The molecular weight excluding hydrogens is 502 g/mol. The van der Waals surface area contributed by atoms with E-state index in [1.807, 2.05) is 48.5 Å². The van der Waals surface area contributed by atoms with Crippen LogP contribution >= 0.6 is 0 Å². The van der Waals surface area contributed by atoms with E-state index in [2.05, 4.69) is 57.0 Å². The summed E-state index contributed by atoms with van der Waals surface area (Å²) in [6.07, 6.45) is 1.47. The number of nitrogens with two attached hydrogens (primary N) is 2. The first-order chi connectivity index (χ1) is 19.5. The average Bonchev–Trinajstić information content (AvgIpc) is 2.98. The fourth-order valence-electron chi connectivity index (χ4n) is 4.71. The van der Waals surface area contributed by atoms with Crippen LogP contribution in [0.25, 0.3) is 11.1 Å². The smallest absolute Gasteiger partial charge is 0.289 e. The summed E-state index contributed by atoms with van der Waals surface area (Å²) < 4.78 is 0. The maximum Gasteiger partial charge on any atom is 0.289 e. The van der Waals surface area contributed by atoms with Crippen molar-refractivity contribution < 1.29 is 9.90 Å². The number of β-amino-alcohol motifs (C(OH)–C–C–N with tert-alkyl or cyclic N) is 1. The van der Waals surface area contributed by atoms with Crippen molar-refractivity contribution in [3.63, 3.8) is 0 Å². The summed E-state index contributed by atoms with van der Waals surface area (Å²) in [6.45, 7) is 2.26. The molecule has 3 aromatic rings. The molecule has 7 N–H and O–H groups in total. The Balaban J connectivity index is 1.42. The molecule has 0 spiro atoms. The maximum atomic E-state index is 13.6. The van der Waals surface area contributed by atoms with Gasteiger partial charge in [0.15, 0.2) is 11.8 Å². The zero-order chi connectivity index (χ0) is 28.2. The Morgan fingerprint density at radius 1 is 0.950 bits per heavy atom. The van der Waals surface area contributed by atoms with Crippen LogP contribution in [0.15, 0.2) is 94.9 Å². The lowest BCUT2D eigenvalue weighted by molar-refractivity contribution is -0.129. The number of carbonyl (C=O) groups is 1. The second kappa shape index (κ2) is 14.8. The lowest BCUT2D eigenvalue weighted by Crippen LogP contribution is -2.53. The minimum absolute atomic E-state index is 0.0781. The van der Waals surface area contributed by atoms with Gasteiger partial charge in [-0.05, 0) is 48.1 Å². The van der Waals surface area contributed by atoms with E-state index in [0.717, 1.165) is 36.0 Å². The summed E-state index contributed by atoms with van der Waals surface area (Å²) >= 11 is 0. The molecule has 2 atom stereocenters. The molecule has 210 valence electrons. The van der Waals surface area contributed by atoms with Gasteiger partial charge in [0, 0.05) is 13.1 Å². The Bertz CT molecular complexity index is 1260. The molecule has 9 nitrogen and oxygen atoms in total. The number of aliphatic imine (C=N–C) groups is 2. The molecule has 1 aliphatic heterocycles. The molecule has 0 aromatic heterocycles. The van der Waals surface area contributed by atoms with E-state index >= 15 is 0 Å². The summed E-state index contributed by atoms with van der Waals surface area (Å²) in [5.74, 6) is 0.192. The van der Waals surface area contributed by atoms with Crippen molar-refractivity contribution in [3.8, 4) is 11.1 Å². The predicted molar refractivity (Wildman–Crippen MR) is 161 cm³/mol. The number of aliphatic hydroxyl groups excluding tert-OH is 1. The molecule has 1 aliphatic rings. The largest absolute Gasteiger partial charge is 0.377 e. The maximum absolute atomic E-state index is 13.6. The zero-order valence-corrected chi connectivity index (χ0v) is 22.7. The van der Waals surface area contributed by atoms with E-state index in [1.165, 1.54) is 5.56 Å². The second-order valence-corrected chi connectivity index (χ2v) is 9.80. The minimum Gasteiger partial charge on any atom is -0.377 e. The topological polar surface area (TPSA) is 141 Å². The number of rotatable bonds is 13. The van der Waals surface area contributed by atoms with Gasteiger partial charge in [0.2, 0.25) is 0 Å². The lowest BCUT2D eigenvalue weighted by atomic mass is 9.99. The minimum atomic E-state index is -0.887. The first-order valence-corrected chi connectivity index (χ1v) is 13.8. The number of unbranched alkanes of at least 4 members (excludes halogenated alkanes) is 1. The number of guanidine groups is 1. The van der Waals surface area contributed by atoms with Crippen molar-refractivity contribution in [1.82, 2.24) is 15.5 Å². The highest BCUT2D eigenvalue weighted by Gasteiger charge is 2.33. The van der Waals surface area contributed by atoms with Gasteiger partial charge in [-0.3, -0.25) is 20.1 Å². The Morgan fingerprint density at radius 3 is 2.33 bits per heavy atom. The molecule has 0 aliphatic carbocycles. The first kappa shape index (κ1) is 28.8. The molecule has 40 heavy (non-hydrogen) atoms. The van der Waals surface area contributed by atoms with Gasteiger partial charge in [-0.15, -0.1) is 0 Å². The average molecular weight is 542 g/mol. The number of benzene rings is 3. The van der Waals surface area contributed by atoms with Crippen molar-refractivity contribution >= 4 is 17.7 Å². The van der Waals surface area contributed by atoms with Crippen LogP contribution in [0.4, 0.5) is 0 Å². The third-order valence-corrected chi connectivity index (χ3v) is 6.84. The normalized spacial score (nSPS) is 15.8. The van der Waals surface area contributed by atoms with Gasteiger partial charge in [-0.25, -0.2) is 0 Å². The molecule has 2 unspecified atom stereocenters. The SMILES string of the molecule is NC(N)=NCCCCNC(O)CN1C(=O)C(NCCc2ccccc2)=NCC1c1ccc(-c2ccccc2)cc1. The Labute approximate surface area is 236 Å². The molecule has 0 saturated carbocycles. The van der Waals surface area contributed by atoms with Gasteiger partial charge in [0.25, 0.3) is 5.91 Å². The van der Waals surface area contributed by atoms with Gasteiger partial charge in [-0.1, -0.05) is 84.9 Å². The predicted octanol–water partition coefficient (Wildman–Crippen LogP) is 2.43. The molecule has 9 heteroatoms. The van der Waals surface area contributed by atoms with E-state index in [0.29, 0.717) is 32.0 Å². The highest BCUT2D eigenvalue weighted by Crippen LogP contribution is 2.28. The molecular formula is C31H39N7O2. The van der Waals surface area contributed by atoms with Crippen LogP contribution in [0.3, 0.4) is 0 Å². The number of hydrogen-bond acceptors (Lipinski definition) is 6. The van der Waals surface area contributed by atoms with Gasteiger partial charge in [0.05, 0.1) is 19.1 Å². The van der Waals surface area contributed by atoms with Gasteiger partial charge in [-0.2, -0.15) is 0 Å². The van der Waals surface area contributed by atoms with Crippen LogP contribution in [-0.2, 0) is 11.2 Å². The lowest BCUT2D eigenvalue weighted by Gasteiger charge is -2.36. The summed E-state index contributed by atoms with van der Waals surface area (Å²) in [5.41, 5.74) is 15.1. The third kappa shape index (κ3) is 8.39. The number of carbonyl (C=O) groups excluding carboxylic acids is 1. The molecule has 0 bridgehead atoms. The van der Waals surface area contributed by atoms with Gasteiger partial charge in [0.1, 0.15) is 6.23 Å². The van der Waals surface area contributed by atoms with E-state index < -0.39 is 6.23 Å². The van der Waals surface area contributed by atoms with Crippen LogP contribution < -0.4 is 22.1 Å². The van der Waals surface area contributed by atoms with E-state index in [9.17, 15) is 9.90 Å². The van der Waals surface area contributed by atoms with Gasteiger partial charge < -0.3 is 26.8 Å². The Morgan fingerprint density at radius 2 is 1.62 bits per heavy atom. The molecule has 0 radical (unpaired) electrons. The third-order valence-electron chi connectivity index (χ3n) is 6.84. The fraction of sp³-hybridized carbons (Fsp3) is 0.323. The zero-order valence-electron chi connectivity index (χ0n) is 22.7. The Kier molecular flexibility index (Phi) is 10.7. The van der Waals surface area contributed by atoms with E-state index in [4.69, 9.17) is 11.5 Å². The summed E-state index contributed by atoms with van der Waals surface area (Å²) in [7, 11) is 0. The van der Waals surface area contributed by atoms with Crippen molar-refractivity contribution in [2.75, 3.05) is 32.7 Å². The van der Waals surface area contributed by atoms with E-state index in [-0.39, 0.29) is 24.5 Å². The number of hydrogen-bond donors (Lipinski definition) is 5. The molecule has 3 aromatic carbocycles. The van der Waals surface area contributed by atoms with Crippen LogP contribution in [0.2, 0.25) is 0 Å². The summed E-state index contributed by atoms with van der Waals surface area (Å²) in [4.78, 5) is 23.9. The molecule has 4 rings (SSSR count). The molecule has 1 amide bonds. The van der Waals surface area contributed by atoms with Gasteiger partial charge >= 0.3 is 0 Å². The monoisotopic (exact) mass is 541 g/mol. The van der Waals surface area contributed by atoms with Crippen molar-refractivity contribution in [2.45, 2.75) is 31.5 Å². The number of amides is 1. The van der Waals surface area contributed by atoms with Crippen LogP contribution in [0.1, 0.15) is 30.0 Å². The second-order valence-electron chi connectivity index (χ2n) is 9.80. The van der Waals surface area contributed by atoms with Crippen molar-refractivity contribution in [2.24, 2.45) is 21.5 Å². The number of aliphatic hydroxyl groups is 1. The highest BCUT2D eigenvalue weighted by molar-refractivity contribution is 6.38. The summed E-state index contributed by atoms with van der Waals surface area (Å²) in [5, 5.41) is 17.1. The fourth-order valence-corrected chi connectivity index (χ4v) is 4.71. The number of amidine groups is 1. The first-order valence-electron chi connectivity index (χ1n) is 13.8. The molecule has 1 heterocycles. The quantitative estimate of drug-likeness (QED) is 0.0974. The number of nitrogens with one attached hydrogen (secondary N) is 2. The summed E-state index contributed by atoms with van der Waals surface area (Å²) in [6, 6.07) is 28.2. The highest BCUT2D eigenvalue weighted by atomic mass is 16.3.